The Bertz CT molecular complexity index is 933. The van der Waals surface area contributed by atoms with Crippen LogP contribution in [0.25, 0.3) is 0 Å². The second kappa shape index (κ2) is 43.3. The molecule has 2 unspecified atom stereocenters. The molecule has 0 aromatic heterocycles. The first kappa shape index (κ1) is 54.8. The highest BCUT2D eigenvalue weighted by atomic mass is 31.2. The number of hydrogen-bond acceptors (Lipinski definition) is 8. The van der Waals surface area contributed by atoms with Crippen molar-refractivity contribution in [2.45, 2.75) is 238 Å². The van der Waals surface area contributed by atoms with E-state index >= 15 is 0 Å². The predicted octanol–water partition coefficient (Wildman–Crippen LogP) is 13.7. The first-order valence-electron chi connectivity index (χ1n) is 23.6. The number of carbonyl (C=O) groups is 2. The average molecular weight is 816 g/mol. The molecule has 0 heterocycles. The molecule has 0 amide bonds. The maximum atomic E-state index is 12.6. The number of phosphoric ester groups is 1. The van der Waals surface area contributed by atoms with E-state index in [0.29, 0.717) is 19.4 Å². The van der Waals surface area contributed by atoms with Crippen molar-refractivity contribution in [2.24, 2.45) is 0 Å². The third kappa shape index (κ3) is 42.4. The molecular formula is C46H90NO8P. The van der Waals surface area contributed by atoms with Crippen molar-refractivity contribution >= 4 is 19.8 Å². The highest BCUT2D eigenvalue weighted by molar-refractivity contribution is 7.47. The number of allylic oxidation sites excluding steroid dienone is 2. The van der Waals surface area contributed by atoms with E-state index in [1.807, 2.05) is 0 Å². The maximum Gasteiger partial charge on any atom is 0.472 e. The third-order valence-corrected chi connectivity index (χ3v) is 11.4. The molecule has 0 fully saturated rings. The quantitative estimate of drug-likeness (QED) is 0.0268. The Morgan fingerprint density at radius 1 is 0.536 bits per heavy atom. The Morgan fingerprint density at radius 2 is 0.911 bits per heavy atom. The minimum absolute atomic E-state index is 0.0134. The fraction of sp³-hybridized carbons (Fsp3) is 0.913. The van der Waals surface area contributed by atoms with E-state index in [9.17, 15) is 19.0 Å². The van der Waals surface area contributed by atoms with Gasteiger partial charge in [0.25, 0.3) is 0 Å². The van der Waals surface area contributed by atoms with Gasteiger partial charge in [-0.3, -0.25) is 18.6 Å². The molecule has 0 spiro atoms. The smallest absolute Gasteiger partial charge is 0.462 e. The second-order valence-electron chi connectivity index (χ2n) is 15.9. The number of nitrogens with one attached hydrogen (secondary N) is 1. The van der Waals surface area contributed by atoms with Crippen LogP contribution in [-0.2, 0) is 32.7 Å². The number of rotatable bonds is 45. The van der Waals surface area contributed by atoms with Gasteiger partial charge in [0.1, 0.15) is 6.61 Å². The third-order valence-electron chi connectivity index (χ3n) is 10.4. The van der Waals surface area contributed by atoms with Gasteiger partial charge in [-0.15, -0.1) is 0 Å². The summed E-state index contributed by atoms with van der Waals surface area (Å²) in [6.45, 7) is 4.25. The Kier molecular flexibility index (Phi) is 42.4. The van der Waals surface area contributed by atoms with E-state index in [4.69, 9.17) is 18.5 Å². The van der Waals surface area contributed by atoms with Gasteiger partial charge in [0, 0.05) is 19.4 Å². The molecule has 0 radical (unpaired) electrons. The van der Waals surface area contributed by atoms with Crippen LogP contribution in [0.4, 0.5) is 0 Å². The first-order valence-corrected chi connectivity index (χ1v) is 25.1. The molecule has 0 aromatic carbocycles. The summed E-state index contributed by atoms with van der Waals surface area (Å²) in [7, 11) is -2.64. The zero-order chi connectivity index (χ0) is 41.1. The molecule has 56 heavy (non-hydrogen) atoms. The number of hydrogen-bond donors (Lipinski definition) is 2. The van der Waals surface area contributed by atoms with Crippen molar-refractivity contribution in [3.8, 4) is 0 Å². The van der Waals surface area contributed by atoms with Gasteiger partial charge >= 0.3 is 19.8 Å². The predicted molar refractivity (Wildman–Crippen MR) is 234 cm³/mol. The van der Waals surface area contributed by atoms with Crippen LogP contribution in [0.1, 0.15) is 232 Å². The largest absolute Gasteiger partial charge is 0.472 e. The average Bonchev–Trinajstić information content (AvgIpc) is 3.18. The van der Waals surface area contributed by atoms with Gasteiger partial charge in [-0.1, -0.05) is 193 Å². The summed E-state index contributed by atoms with van der Waals surface area (Å²) >= 11 is 0. The van der Waals surface area contributed by atoms with Crippen LogP contribution >= 0.6 is 7.82 Å². The molecule has 0 aliphatic carbocycles. The van der Waals surface area contributed by atoms with Crippen molar-refractivity contribution in [1.82, 2.24) is 5.32 Å². The highest BCUT2D eigenvalue weighted by Crippen LogP contribution is 2.43. The standard InChI is InChI=1S/C46H90NO8P/c1-4-6-8-10-12-14-16-18-19-20-21-22-23-24-25-27-28-30-32-34-36-38-45(48)52-42-44(43-54-56(50,51)53-41-40-47-3)55-46(49)39-37-35-33-31-29-26-17-15-13-11-9-7-5-2/h18-19,44,47H,4-17,20-43H2,1-3H3,(H,50,51)/b19-18-. The summed E-state index contributed by atoms with van der Waals surface area (Å²) in [5.74, 6) is -0.795. The zero-order valence-electron chi connectivity index (χ0n) is 36.9. The molecule has 2 N–H and O–H groups in total. The van der Waals surface area contributed by atoms with E-state index in [2.05, 4.69) is 31.3 Å². The van der Waals surface area contributed by atoms with E-state index in [0.717, 1.165) is 32.1 Å². The molecule has 0 saturated heterocycles. The van der Waals surface area contributed by atoms with Crippen LogP contribution in [-0.4, -0.2) is 56.3 Å². The zero-order valence-corrected chi connectivity index (χ0v) is 37.7. The van der Waals surface area contributed by atoms with E-state index < -0.39 is 26.5 Å². The lowest BCUT2D eigenvalue weighted by atomic mass is 10.0. The number of unbranched alkanes of at least 4 members (excludes halogenated alkanes) is 29. The Labute approximate surface area is 345 Å². The number of carbonyl (C=O) groups excluding carboxylic acids is 2. The molecule has 0 aliphatic heterocycles. The van der Waals surface area contributed by atoms with Gasteiger partial charge in [0.15, 0.2) is 6.10 Å². The maximum absolute atomic E-state index is 12.6. The van der Waals surface area contributed by atoms with Crippen molar-refractivity contribution < 1.29 is 37.6 Å². The number of esters is 2. The van der Waals surface area contributed by atoms with E-state index in [-0.39, 0.29) is 25.6 Å². The molecule has 2 atom stereocenters. The molecule has 0 aromatic rings. The molecule has 10 heteroatoms. The molecule has 0 saturated carbocycles. The van der Waals surface area contributed by atoms with Crippen molar-refractivity contribution in [3.05, 3.63) is 12.2 Å². The van der Waals surface area contributed by atoms with Crippen LogP contribution in [0.2, 0.25) is 0 Å². The van der Waals surface area contributed by atoms with Crippen LogP contribution in [0, 0.1) is 0 Å². The summed E-state index contributed by atoms with van der Waals surface area (Å²) in [6.07, 6.45) is 44.0. The second-order valence-corrected chi connectivity index (χ2v) is 17.4. The molecule has 9 nitrogen and oxygen atoms in total. The molecule has 0 aliphatic rings. The summed E-state index contributed by atoms with van der Waals surface area (Å²) in [5.41, 5.74) is 0. The van der Waals surface area contributed by atoms with Gasteiger partial charge in [0.05, 0.1) is 13.2 Å². The highest BCUT2D eigenvalue weighted by Gasteiger charge is 2.26. The van der Waals surface area contributed by atoms with Crippen LogP contribution in [0.15, 0.2) is 12.2 Å². The molecule has 0 rings (SSSR count). The Morgan fingerprint density at radius 3 is 1.32 bits per heavy atom. The van der Waals surface area contributed by atoms with Gasteiger partial charge in [-0.2, -0.15) is 0 Å². The fourth-order valence-electron chi connectivity index (χ4n) is 6.78. The van der Waals surface area contributed by atoms with Crippen molar-refractivity contribution in [2.75, 3.05) is 33.4 Å². The number of phosphoric acid groups is 1. The minimum Gasteiger partial charge on any atom is -0.462 e. The van der Waals surface area contributed by atoms with E-state index in [1.165, 1.54) is 167 Å². The van der Waals surface area contributed by atoms with E-state index in [1.54, 1.807) is 7.05 Å². The van der Waals surface area contributed by atoms with Crippen molar-refractivity contribution in [1.29, 1.82) is 0 Å². The van der Waals surface area contributed by atoms with Crippen LogP contribution in [0.5, 0.6) is 0 Å². The van der Waals surface area contributed by atoms with Crippen LogP contribution < -0.4 is 5.32 Å². The Balaban J connectivity index is 4.08. The van der Waals surface area contributed by atoms with Crippen molar-refractivity contribution in [3.63, 3.8) is 0 Å². The lowest BCUT2D eigenvalue weighted by Crippen LogP contribution is -2.29. The summed E-state index contributed by atoms with van der Waals surface area (Å²) in [6, 6.07) is 0. The lowest BCUT2D eigenvalue weighted by molar-refractivity contribution is -0.161. The Hall–Kier alpha value is -1.25. The number of likely N-dealkylation sites (N-methyl/N-ethyl adjacent to an activating group) is 1. The SMILES string of the molecule is CCCCCCCC/C=C\CCCCCCCCCCCCCC(=O)OCC(COP(=O)(O)OCCNC)OC(=O)CCCCCCCCCCCCCCC. The summed E-state index contributed by atoms with van der Waals surface area (Å²) in [5, 5.41) is 2.83. The molecule has 0 bridgehead atoms. The normalized spacial score (nSPS) is 13.3. The van der Waals surface area contributed by atoms with Crippen LogP contribution in [0.3, 0.4) is 0 Å². The lowest BCUT2D eigenvalue weighted by Gasteiger charge is -2.20. The van der Waals surface area contributed by atoms with Gasteiger partial charge in [-0.05, 0) is 45.6 Å². The monoisotopic (exact) mass is 816 g/mol. The first-order chi connectivity index (χ1) is 27.3. The summed E-state index contributed by atoms with van der Waals surface area (Å²) < 4.78 is 33.2. The van der Waals surface area contributed by atoms with Gasteiger partial charge < -0.3 is 19.7 Å². The minimum atomic E-state index is -4.34. The number of ether oxygens (including phenoxy) is 2. The molecule has 332 valence electrons. The summed E-state index contributed by atoms with van der Waals surface area (Å²) in [4.78, 5) is 35.1. The fourth-order valence-corrected chi connectivity index (χ4v) is 7.54. The van der Waals surface area contributed by atoms with Gasteiger partial charge in [-0.25, -0.2) is 4.57 Å². The molecular weight excluding hydrogens is 725 g/mol. The van der Waals surface area contributed by atoms with Gasteiger partial charge in [0.2, 0.25) is 0 Å². The topological polar surface area (TPSA) is 120 Å².